The SMILES string of the molecule is CCC(=O)NC1NCCN2CCCCC12. The zero-order valence-corrected chi connectivity index (χ0v) is 9.46. The first-order chi connectivity index (χ1) is 7.31. The van der Waals surface area contributed by atoms with Gasteiger partial charge in [-0.1, -0.05) is 13.3 Å². The standard InChI is InChI=1S/C11H21N3O/c1-2-10(15)13-11-9-5-3-4-7-14(9)8-6-12-11/h9,11-12H,2-8H2,1H3,(H,13,15). The smallest absolute Gasteiger partial charge is 0.220 e. The van der Waals surface area contributed by atoms with Gasteiger partial charge in [0.15, 0.2) is 0 Å². The molecule has 4 heteroatoms. The molecule has 0 radical (unpaired) electrons. The predicted molar refractivity (Wildman–Crippen MR) is 59.4 cm³/mol. The van der Waals surface area contributed by atoms with Crippen molar-refractivity contribution in [2.45, 2.75) is 44.8 Å². The maximum Gasteiger partial charge on any atom is 0.220 e. The quantitative estimate of drug-likeness (QED) is 0.690. The van der Waals surface area contributed by atoms with Crippen LogP contribution in [0.4, 0.5) is 0 Å². The van der Waals surface area contributed by atoms with Crippen molar-refractivity contribution in [1.29, 1.82) is 0 Å². The number of carbonyl (C=O) groups excluding carboxylic acids is 1. The van der Waals surface area contributed by atoms with Gasteiger partial charge in [-0.25, -0.2) is 0 Å². The van der Waals surface area contributed by atoms with Crippen LogP contribution in [0.2, 0.25) is 0 Å². The number of hydrogen-bond donors (Lipinski definition) is 2. The summed E-state index contributed by atoms with van der Waals surface area (Å²) in [5.41, 5.74) is 0. The average molecular weight is 211 g/mol. The lowest BCUT2D eigenvalue weighted by molar-refractivity contribution is -0.122. The summed E-state index contributed by atoms with van der Waals surface area (Å²) in [6.07, 6.45) is 4.56. The van der Waals surface area contributed by atoms with E-state index in [2.05, 4.69) is 15.5 Å². The predicted octanol–water partition coefficient (Wildman–Crippen LogP) is 0.296. The Balaban J connectivity index is 1.94. The minimum absolute atomic E-state index is 0.153. The Kier molecular flexibility index (Phi) is 3.59. The highest BCUT2D eigenvalue weighted by Crippen LogP contribution is 2.20. The molecule has 2 aliphatic heterocycles. The molecule has 0 spiro atoms. The van der Waals surface area contributed by atoms with E-state index in [0.717, 1.165) is 13.1 Å². The van der Waals surface area contributed by atoms with E-state index in [1.807, 2.05) is 6.92 Å². The lowest BCUT2D eigenvalue weighted by atomic mass is 9.97. The van der Waals surface area contributed by atoms with Crippen LogP contribution in [0.15, 0.2) is 0 Å². The molecule has 2 heterocycles. The molecular formula is C11H21N3O. The van der Waals surface area contributed by atoms with E-state index in [-0.39, 0.29) is 12.1 Å². The third-order valence-corrected chi connectivity index (χ3v) is 3.45. The molecular weight excluding hydrogens is 190 g/mol. The molecule has 86 valence electrons. The van der Waals surface area contributed by atoms with E-state index in [4.69, 9.17) is 0 Å². The second-order valence-electron chi connectivity index (χ2n) is 4.45. The molecule has 2 aliphatic rings. The molecule has 1 amide bonds. The van der Waals surface area contributed by atoms with Gasteiger partial charge in [0, 0.05) is 25.6 Å². The van der Waals surface area contributed by atoms with Gasteiger partial charge < -0.3 is 5.32 Å². The summed E-state index contributed by atoms with van der Waals surface area (Å²) in [4.78, 5) is 13.9. The van der Waals surface area contributed by atoms with E-state index in [1.54, 1.807) is 0 Å². The van der Waals surface area contributed by atoms with Gasteiger partial charge in [-0.3, -0.25) is 15.0 Å². The monoisotopic (exact) mass is 211 g/mol. The van der Waals surface area contributed by atoms with Crippen LogP contribution in [0.5, 0.6) is 0 Å². The van der Waals surface area contributed by atoms with Gasteiger partial charge in [0.05, 0.1) is 6.17 Å². The van der Waals surface area contributed by atoms with E-state index < -0.39 is 0 Å². The van der Waals surface area contributed by atoms with Crippen molar-refractivity contribution in [3.05, 3.63) is 0 Å². The van der Waals surface area contributed by atoms with Crippen molar-refractivity contribution in [2.24, 2.45) is 0 Å². The molecule has 2 rings (SSSR count). The number of piperazine rings is 1. The van der Waals surface area contributed by atoms with Crippen molar-refractivity contribution in [3.63, 3.8) is 0 Å². The zero-order valence-electron chi connectivity index (χ0n) is 9.46. The zero-order chi connectivity index (χ0) is 10.7. The fourth-order valence-electron chi connectivity index (χ4n) is 2.59. The molecule has 0 aromatic carbocycles. The number of piperidine rings is 1. The van der Waals surface area contributed by atoms with Gasteiger partial charge in [-0.2, -0.15) is 0 Å². The number of rotatable bonds is 2. The van der Waals surface area contributed by atoms with Crippen LogP contribution in [0, 0.1) is 0 Å². The van der Waals surface area contributed by atoms with Crippen molar-refractivity contribution in [3.8, 4) is 0 Å². The Morgan fingerprint density at radius 3 is 3.13 bits per heavy atom. The molecule has 4 nitrogen and oxygen atoms in total. The minimum Gasteiger partial charge on any atom is -0.339 e. The highest BCUT2D eigenvalue weighted by atomic mass is 16.1. The van der Waals surface area contributed by atoms with Crippen LogP contribution in [-0.4, -0.2) is 42.6 Å². The van der Waals surface area contributed by atoms with Crippen molar-refractivity contribution in [2.75, 3.05) is 19.6 Å². The number of fused-ring (bicyclic) bond motifs is 1. The summed E-state index contributed by atoms with van der Waals surface area (Å²) in [5.74, 6) is 0.153. The molecule has 0 saturated carbocycles. The molecule has 15 heavy (non-hydrogen) atoms. The number of amides is 1. The molecule has 2 fully saturated rings. The van der Waals surface area contributed by atoms with Gasteiger partial charge in [-0.05, 0) is 19.4 Å². The van der Waals surface area contributed by atoms with E-state index in [0.29, 0.717) is 12.5 Å². The Labute approximate surface area is 91.4 Å². The average Bonchev–Trinajstić information content (AvgIpc) is 2.29. The van der Waals surface area contributed by atoms with Gasteiger partial charge in [-0.15, -0.1) is 0 Å². The molecule has 2 saturated heterocycles. The maximum atomic E-state index is 11.4. The van der Waals surface area contributed by atoms with Crippen molar-refractivity contribution >= 4 is 5.91 Å². The van der Waals surface area contributed by atoms with Crippen LogP contribution >= 0.6 is 0 Å². The third-order valence-electron chi connectivity index (χ3n) is 3.45. The summed E-state index contributed by atoms with van der Waals surface area (Å²) in [6, 6.07) is 0.517. The second kappa shape index (κ2) is 4.94. The van der Waals surface area contributed by atoms with E-state index in [1.165, 1.54) is 25.8 Å². The van der Waals surface area contributed by atoms with Gasteiger partial charge in [0.1, 0.15) is 0 Å². The lowest BCUT2D eigenvalue weighted by Gasteiger charge is -2.44. The van der Waals surface area contributed by atoms with Crippen LogP contribution in [0.3, 0.4) is 0 Å². The molecule has 2 N–H and O–H groups in total. The summed E-state index contributed by atoms with van der Waals surface area (Å²) in [5, 5.41) is 6.49. The molecule has 0 aliphatic carbocycles. The minimum atomic E-state index is 0.153. The highest BCUT2D eigenvalue weighted by Gasteiger charge is 2.33. The maximum absolute atomic E-state index is 11.4. The topological polar surface area (TPSA) is 44.4 Å². The van der Waals surface area contributed by atoms with Gasteiger partial charge >= 0.3 is 0 Å². The Morgan fingerprint density at radius 2 is 2.33 bits per heavy atom. The van der Waals surface area contributed by atoms with Gasteiger partial charge in [0.25, 0.3) is 0 Å². The first-order valence-corrected chi connectivity index (χ1v) is 6.08. The van der Waals surface area contributed by atoms with E-state index in [9.17, 15) is 4.79 Å². The summed E-state index contributed by atoms with van der Waals surface area (Å²) in [6.45, 7) is 5.22. The van der Waals surface area contributed by atoms with Crippen LogP contribution < -0.4 is 10.6 Å². The van der Waals surface area contributed by atoms with Crippen LogP contribution in [0.1, 0.15) is 32.6 Å². The second-order valence-corrected chi connectivity index (χ2v) is 4.45. The van der Waals surface area contributed by atoms with Gasteiger partial charge in [0.2, 0.25) is 5.91 Å². The van der Waals surface area contributed by atoms with Crippen molar-refractivity contribution < 1.29 is 4.79 Å². The largest absolute Gasteiger partial charge is 0.339 e. The Bertz CT molecular complexity index is 230. The Hall–Kier alpha value is -0.610. The first-order valence-electron chi connectivity index (χ1n) is 6.08. The lowest BCUT2D eigenvalue weighted by Crippen LogP contribution is -2.65. The van der Waals surface area contributed by atoms with E-state index >= 15 is 0 Å². The molecule has 2 atom stereocenters. The molecule has 0 aromatic heterocycles. The number of hydrogen-bond acceptors (Lipinski definition) is 3. The summed E-state index contributed by atoms with van der Waals surface area (Å²) < 4.78 is 0. The first kappa shape index (κ1) is 10.9. The fourth-order valence-corrected chi connectivity index (χ4v) is 2.59. The van der Waals surface area contributed by atoms with Crippen molar-refractivity contribution in [1.82, 2.24) is 15.5 Å². The fraction of sp³-hybridized carbons (Fsp3) is 0.909. The number of carbonyl (C=O) groups is 1. The highest BCUT2D eigenvalue weighted by molar-refractivity contribution is 5.75. The molecule has 0 bridgehead atoms. The Morgan fingerprint density at radius 1 is 1.47 bits per heavy atom. The third kappa shape index (κ3) is 2.49. The molecule has 2 unspecified atom stereocenters. The summed E-state index contributed by atoms with van der Waals surface area (Å²) >= 11 is 0. The molecule has 0 aromatic rings. The summed E-state index contributed by atoms with van der Waals surface area (Å²) in [7, 11) is 0. The van der Waals surface area contributed by atoms with Crippen LogP contribution in [-0.2, 0) is 4.79 Å². The normalized spacial score (nSPS) is 32.1. The van der Waals surface area contributed by atoms with Crippen LogP contribution in [0.25, 0.3) is 0 Å². The number of nitrogens with zero attached hydrogens (tertiary/aromatic N) is 1. The number of nitrogens with one attached hydrogen (secondary N) is 2.